The fourth-order valence-electron chi connectivity index (χ4n) is 3.38. The van der Waals surface area contributed by atoms with Crippen LogP contribution in [0, 0.1) is 6.92 Å². The number of pyridine rings is 1. The maximum atomic E-state index is 6.50. The number of hydrogen-bond donors (Lipinski definition) is 0. The molecule has 5 rings (SSSR count). The number of rotatable bonds is 0. The van der Waals surface area contributed by atoms with Gasteiger partial charge in [0.25, 0.3) is 0 Å². The van der Waals surface area contributed by atoms with Crippen molar-refractivity contribution >= 4 is 64.8 Å². The minimum atomic E-state index is 0.599. The maximum Gasteiger partial charge on any atom is 0.147 e. The average molecular weight is 334 g/mol. The molecule has 0 radical (unpaired) electrons. The van der Waals surface area contributed by atoms with Crippen LogP contribution in [0.1, 0.15) is 5.56 Å². The first-order chi connectivity index (χ1) is 11.2. The van der Waals surface area contributed by atoms with E-state index in [2.05, 4.69) is 66.5 Å². The molecule has 0 amide bonds. The number of halogens is 1. The number of thiophene rings is 1. The molecule has 0 N–H and O–H groups in total. The molecule has 110 valence electrons. The molecule has 2 aromatic heterocycles. The van der Waals surface area contributed by atoms with E-state index in [0.29, 0.717) is 5.15 Å². The van der Waals surface area contributed by atoms with Crippen LogP contribution in [-0.2, 0) is 0 Å². The Morgan fingerprint density at radius 1 is 0.913 bits per heavy atom. The molecule has 0 saturated carbocycles. The Bertz CT molecular complexity index is 1240. The Labute approximate surface area is 142 Å². The summed E-state index contributed by atoms with van der Waals surface area (Å²) in [6, 6.07) is 19.3. The Balaban J connectivity index is 2.18. The van der Waals surface area contributed by atoms with Crippen molar-refractivity contribution in [2.24, 2.45) is 0 Å². The van der Waals surface area contributed by atoms with Gasteiger partial charge in [-0.05, 0) is 35.9 Å². The van der Waals surface area contributed by atoms with Gasteiger partial charge < -0.3 is 0 Å². The molecule has 0 unspecified atom stereocenters. The first kappa shape index (κ1) is 13.3. The van der Waals surface area contributed by atoms with Crippen LogP contribution >= 0.6 is 22.9 Å². The molecule has 0 bridgehead atoms. The summed E-state index contributed by atoms with van der Waals surface area (Å²) in [4.78, 5) is 4.60. The Morgan fingerprint density at radius 2 is 1.78 bits per heavy atom. The van der Waals surface area contributed by atoms with Gasteiger partial charge in [-0.25, -0.2) is 4.98 Å². The molecule has 0 fully saturated rings. The van der Waals surface area contributed by atoms with Crippen LogP contribution in [-0.4, -0.2) is 4.98 Å². The van der Waals surface area contributed by atoms with Crippen LogP contribution in [0.2, 0.25) is 5.15 Å². The van der Waals surface area contributed by atoms with Gasteiger partial charge in [0.15, 0.2) is 0 Å². The number of aryl methyl sites for hydroxylation is 1. The first-order valence-corrected chi connectivity index (χ1v) is 8.71. The van der Waals surface area contributed by atoms with Crippen molar-refractivity contribution in [3.05, 3.63) is 65.3 Å². The minimum Gasteiger partial charge on any atom is -0.235 e. The predicted molar refractivity (Wildman–Crippen MR) is 102 cm³/mol. The fourth-order valence-corrected chi connectivity index (χ4v) is 4.79. The third kappa shape index (κ3) is 1.82. The van der Waals surface area contributed by atoms with Gasteiger partial charge in [0.2, 0.25) is 0 Å². The highest BCUT2D eigenvalue weighted by Gasteiger charge is 2.15. The van der Waals surface area contributed by atoms with Gasteiger partial charge in [0, 0.05) is 20.9 Å². The van der Waals surface area contributed by atoms with E-state index in [1.807, 2.05) is 0 Å². The van der Waals surface area contributed by atoms with Crippen LogP contribution in [0.25, 0.3) is 41.8 Å². The molecule has 0 spiro atoms. The van der Waals surface area contributed by atoms with Gasteiger partial charge in [-0.2, -0.15) is 0 Å². The molecule has 5 aromatic rings. The van der Waals surface area contributed by atoms with Crippen LogP contribution in [0.15, 0.2) is 54.6 Å². The third-order valence-electron chi connectivity index (χ3n) is 4.41. The lowest BCUT2D eigenvalue weighted by Crippen LogP contribution is -1.83. The largest absolute Gasteiger partial charge is 0.235 e. The van der Waals surface area contributed by atoms with E-state index < -0.39 is 0 Å². The number of fused-ring (bicyclic) bond motifs is 7. The van der Waals surface area contributed by atoms with Gasteiger partial charge in [-0.3, -0.25) is 0 Å². The number of aromatic nitrogens is 1. The van der Waals surface area contributed by atoms with Crippen molar-refractivity contribution in [1.82, 2.24) is 4.98 Å². The van der Waals surface area contributed by atoms with Crippen LogP contribution in [0.4, 0.5) is 0 Å². The molecule has 2 heterocycles. The van der Waals surface area contributed by atoms with Gasteiger partial charge in [-0.1, -0.05) is 53.6 Å². The molecule has 0 atom stereocenters. The summed E-state index contributed by atoms with van der Waals surface area (Å²) < 4.78 is 2.34. The lowest BCUT2D eigenvalue weighted by atomic mass is 10.0. The van der Waals surface area contributed by atoms with Crippen molar-refractivity contribution < 1.29 is 0 Å². The van der Waals surface area contributed by atoms with Gasteiger partial charge >= 0.3 is 0 Å². The zero-order valence-electron chi connectivity index (χ0n) is 12.4. The van der Waals surface area contributed by atoms with Crippen molar-refractivity contribution in [2.45, 2.75) is 6.92 Å². The molecule has 3 aromatic carbocycles. The topological polar surface area (TPSA) is 12.9 Å². The van der Waals surface area contributed by atoms with Crippen LogP contribution < -0.4 is 0 Å². The summed E-state index contributed by atoms with van der Waals surface area (Å²) in [6.07, 6.45) is 0. The number of hydrogen-bond acceptors (Lipinski definition) is 2. The summed E-state index contributed by atoms with van der Waals surface area (Å²) in [5.41, 5.74) is 2.20. The molecular formula is C20H12ClNS. The monoisotopic (exact) mass is 333 g/mol. The van der Waals surface area contributed by atoms with E-state index in [0.717, 1.165) is 10.2 Å². The van der Waals surface area contributed by atoms with E-state index in [-0.39, 0.29) is 0 Å². The quantitative estimate of drug-likeness (QED) is 0.287. The lowest BCUT2D eigenvalue weighted by molar-refractivity contribution is 1.43. The van der Waals surface area contributed by atoms with Gasteiger partial charge in [0.1, 0.15) is 5.15 Å². The van der Waals surface area contributed by atoms with Crippen molar-refractivity contribution in [1.29, 1.82) is 0 Å². The Morgan fingerprint density at radius 3 is 2.70 bits per heavy atom. The molecule has 0 aliphatic heterocycles. The Kier molecular flexibility index (Phi) is 2.70. The normalized spacial score (nSPS) is 11.9. The SMILES string of the molecule is Cc1ccc2nc(Cl)c3sc4ccc5ccccc5c4c3c2c1. The van der Waals surface area contributed by atoms with Crippen LogP contribution in [0.3, 0.4) is 0 Å². The lowest BCUT2D eigenvalue weighted by Gasteiger charge is -2.05. The second kappa shape index (κ2) is 4.67. The minimum absolute atomic E-state index is 0.599. The Hall–Kier alpha value is -2.16. The second-order valence-corrected chi connectivity index (χ2v) is 7.30. The van der Waals surface area contributed by atoms with Crippen molar-refractivity contribution in [3.63, 3.8) is 0 Å². The smallest absolute Gasteiger partial charge is 0.147 e. The zero-order chi connectivity index (χ0) is 15.6. The highest BCUT2D eigenvalue weighted by atomic mass is 35.5. The van der Waals surface area contributed by atoms with Crippen molar-refractivity contribution in [3.8, 4) is 0 Å². The van der Waals surface area contributed by atoms with E-state index >= 15 is 0 Å². The van der Waals surface area contributed by atoms with Gasteiger partial charge in [0.05, 0.1) is 10.2 Å². The molecule has 23 heavy (non-hydrogen) atoms. The summed E-state index contributed by atoms with van der Waals surface area (Å²) in [5.74, 6) is 0. The summed E-state index contributed by atoms with van der Waals surface area (Å²) in [7, 11) is 0. The average Bonchev–Trinajstić information content (AvgIpc) is 2.97. The maximum absolute atomic E-state index is 6.50. The molecule has 0 saturated heterocycles. The zero-order valence-corrected chi connectivity index (χ0v) is 14.0. The summed E-state index contributed by atoms with van der Waals surface area (Å²) >= 11 is 8.23. The molecule has 3 heteroatoms. The summed E-state index contributed by atoms with van der Waals surface area (Å²) in [5, 5.41) is 6.85. The third-order valence-corrected chi connectivity index (χ3v) is 5.95. The standard InChI is InChI=1S/C20H12ClNS/c1-11-6-8-15-14(10-11)18-17-13-5-3-2-4-12(13)7-9-16(17)23-19(18)20(21)22-15/h2-10H,1H3. The number of benzene rings is 3. The molecule has 0 aliphatic rings. The predicted octanol–water partition coefficient (Wildman–Crippen LogP) is 6.72. The molecule has 0 aliphatic carbocycles. The molecule has 1 nitrogen and oxygen atoms in total. The first-order valence-electron chi connectivity index (χ1n) is 7.52. The van der Waals surface area contributed by atoms with Gasteiger partial charge in [-0.15, -0.1) is 11.3 Å². The van der Waals surface area contributed by atoms with E-state index in [1.165, 1.54) is 37.2 Å². The van der Waals surface area contributed by atoms with E-state index in [1.54, 1.807) is 11.3 Å². The highest BCUT2D eigenvalue weighted by molar-refractivity contribution is 7.26. The molecular weight excluding hydrogens is 322 g/mol. The van der Waals surface area contributed by atoms with E-state index in [4.69, 9.17) is 11.6 Å². The number of nitrogens with zero attached hydrogens (tertiary/aromatic N) is 1. The van der Waals surface area contributed by atoms with Crippen molar-refractivity contribution in [2.75, 3.05) is 0 Å². The van der Waals surface area contributed by atoms with Crippen LogP contribution in [0.5, 0.6) is 0 Å². The van der Waals surface area contributed by atoms with E-state index in [9.17, 15) is 0 Å². The second-order valence-electron chi connectivity index (χ2n) is 5.89. The fraction of sp³-hybridized carbons (Fsp3) is 0.0500. The summed E-state index contributed by atoms with van der Waals surface area (Å²) in [6.45, 7) is 2.12. The highest BCUT2D eigenvalue weighted by Crippen LogP contribution is 2.43.